The maximum atomic E-state index is 6.76. The Balaban J connectivity index is 1.34. The average molecular weight is 562 g/mol. The van der Waals surface area contributed by atoms with Gasteiger partial charge in [0.25, 0.3) is 0 Å². The quantitative estimate of drug-likeness (QED) is 0.178. The molecule has 6 rings (SSSR count). The third-order valence-electron chi connectivity index (χ3n) is 7.43. The predicted molar refractivity (Wildman–Crippen MR) is 159 cm³/mol. The second-order valence-corrected chi connectivity index (χ2v) is 10.4. The molecule has 0 N–H and O–H groups in total. The fourth-order valence-corrected chi connectivity index (χ4v) is 5.24. The van der Waals surface area contributed by atoms with Crippen LogP contribution in [0.25, 0.3) is 0 Å². The largest absolute Gasteiger partial charge is 0.369 e. The minimum absolute atomic E-state index is 0.375. The second kappa shape index (κ2) is 14.2. The number of fused-ring (bicyclic) bond motifs is 1. The van der Waals surface area contributed by atoms with Crippen LogP contribution in [-0.4, -0.2) is 33.3 Å². The average Bonchev–Trinajstić information content (AvgIpc) is 3.47. The van der Waals surface area contributed by atoms with Gasteiger partial charge in [0.05, 0.1) is 44.9 Å². The number of aromatic nitrogens is 3. The SMILES string of the molecule is c1ccc(CO[C@H]2[C@H](OCc3ccccc3)[C@H](OCc3ccccc3)Cn3nncc3[C@H]2OCc2ccccc2)cc1. The molecule has 42 heavy (non-hydrogen) atoms. The lowest BCUT2D eigenvalue weighted by Crippen LogP contribution is -2.45. The molecular formula is C35H35N3O4. The van der Waals surface area contributed by atoms with Crippen LogP contribution in [0.3, 0.4) is 0 Å². The van der Waals surface area contributed by atoms with Crippen LogP contribution in [0.1, 0.15) is 34.1 Å². The van der Waals surface area contributed by atoms with E-state index in [-0.39, 0.29) is 6.10 Å². The van der Waals surface area contributed by atoms with Crippen molar-refractivity contribution in [2.45, 2.75) is 57.4 Å². The number of hydrogen-bond donors (Lipinski definition) is 0. The zero-order valence-electron chi connectivity index (χ0n) is 23.4. The summed E-state index contributed by atoms with van der Waals surface area (Å²) in [7, 11) is 0. The van der Waals surface area contributed by atoms with E-state index in [4.69, 9.17) is 18.9 Å². The van der Waals surface area contributed by atoms with Crippen molar-refractivity contribution in [3.8, 4) is 0 Å². The minimum atomic E-state index is -0.502. The molecule has 7 nitrogen and oxygen atoms in total. The molecule has 5 aromatic rings. The van der Waals surface area contributed by atoms with Gasteiger partial charge in [-0.05, 0) is 22.3 Å². The molecule has 0 fully saturated rings. The van der Waals surface area contributed by atoms with E-state index in [0.29, 0.717) is 33.0 Å². The zero-order chi connectivity index (χ0) is 28.4. The van der Waals surface area contributed by atoms with Gasteiger partial charge >= 0.3 is 0 Å². The first-order chi connectivity index (χ1) is 20.8. The third kappa shape index (κ3) is 7.19. The van der Waals surface area contributed by atoms with E-state index in [2.05, 4.69) is 58.8 Å². The van der Waals surface area contributed by atoms with Crippen molar-refractivity contribution in [2.75, 3.05) is 0 Å². The summed E-state index contributed by atoms with van der Waals surface area (Å²) in [4.78, 5) is 0. The molecular weight excluding hydrogens is 526 g/mol. The summed E-state index contributed by atoms with van der Waals surface area (Å²) in [6, 6.07) is 40.6. The Morgan fingerprint density at radius 3 is 1.45 bits per heavy atom. The normalized spacial score (nSPS) is 20.1. The highest BCUT2D eigenvalue weighted by Gasteiger charge is 2.44. The van der Waals surface area contributed by atoms with Gasteiger partial charge in [-0.25, -0.2) is 4.68 Å². The van der Waals surface area contributed by atoms with E-state index in [1.807, 2.05) is 77.5 Å². The Morgan fingerprint density at radius 1 is 0.524 bits per heavy atom. The molecule has 0 bridgehead atoms. The van der Waals surface area contributed by atoms with Gasteiger partial charge in [0.2, 0.25) is 0 Å². The van der Waals surface area contributed by atoms with Crippen LogP contribution in [-0.2, 0) is 51.9 Å². The molecule has 0 aliphatic carbocycles. The topological polar surface area (TPSA) is 67.6 Å². The van der Waals surface area contributed by atoms with Crippen molar-refractivity contribution in [3.63, 3.8) is 0 Å². The summed E-state index contributed by atoms with van der Waals surface area (Å²) in [5, 5.41) is 8.68. The van der Waals surface area contributed by atoms with E-state index in [1.54, 1.807) is 6.20 Å². The first-order valence-electron chi connectivity index (χ1n) is 14.3. The van der Waals surface area contributed by atoms with Crippen molar-refractivity contribution in [1.82, 2.24) is 15.0 Å². The summed E-state index contributed by atoms with van der Waals surface area (Å²) < 4.78 is 28.7. The Hall–Kier alpha value is -4.14. The van der Waals surface area contributed by atoms with E-state index in [0.717, 1.165) is 27.9 Å². The highest BCUT2D eigenvalue weighted by molar-refractivity contribution is 5.17. The van der Waals surface area contributed by atoms with Gasteiger partial charge in [-0.2, -0.15) is 0 Å². The van der Waals surface area contributed by atoms with Crippen LogP contribution in [0.5, 0.6) is 0 Å². The van der Waals surface area contributed by atoms with E-state index >= 15 is 0 Å². The summed E-state index contributed by atoms with van der Waals surface area (Å²) in [5.74, 6) is 0. The first-order valence-corrected chi connectivity index (χ1v) is 14.3. The Morgan fingerprint density at radius 2 is 0.952 bits per heavy atom. The van der Waals surface area contributed by atoms with Crippen LogP contribution >= 0.6 is 0 Å². The summed E-state index contributed by atoms with van der Waals surface area (Å²) in [6.45, 7) is 2.10. The third-order valence-corrected chi connectivity index (χ3v) is 7.43. The molecule has 0 saturated carbocycles. The molecule has 0 amide bonds. The lowest BCUT2D eigenvalue weighted by atomic mass is 10.0. The van der Waals surface area contributed by atoms with Gasteiger partial charge in [0.1, 0.15) is 24.4 Å². The van der Waals surface area contributed by atoms with Gasteiger partial charge in [0.15, 0.2) is 0 Å². The van der Waals surface area contributed by atoms with E-state index in [1.165, 1.54) is 0 Å². The van der Waals surface area contributed by atoms with Gasteiger partial charge in [0, 0.05) is 0 Å². The maximum absolute atomic E-state index is 6.76. The molecule has 4 aromatic carbocycles. The first kappa shape index (κ1) is 28.0. The van der Waals surface area contributed by atoms with Gasteiger partial charge in [-0.3, -0.25) is 0 Å². The molecule has 0 saturated heterocycles. The van der Waals surface area contributed by atoms with Crippen molar-refractivity contribution in [3.05, 3.63) is 155 Å². The Labute approximate surface area is 246 Å². The molecule has 214 valence electrons. The van der Waals surface area contributed by atoms with Crippen molar-refractivity contribution in [1.29, 1.82) is 0 Å². The predicted octanol–water partition coefficient (Wildman–Crippen LogP) is 6.31. The number of hydrogen-bond acceptors (Lipinski definition) is 6. The molecule has 1 aliphatic heterocycles. The molecule has 0 radical (unpaired) electrons. The summed E-state index contributed by atoms with van der Waals surface area (Å²) in [6.07, 6.45) is -0.0590. The highest BCUT2D eigenvalue weighted by Crippen LogP contribution is 2.35. The summed E-state index contributed by atoms with van der Waals surface area (Å²) in [5.41, 5.74) is 5.13. The number of ether oxygens (including phenoxy) is 4. The molecule has 1 aliphatic rings. The summed E-state index contributed by atoms with van der Waals surface area (Å²) >= 11 is 0. The monoisotopic (exact) mass is 561 g/mol. The number of rotatable bonds is 12. The fourth-order valence-electron chi connectivity index (χ4n) is 5.24. The van der Waals surface area contributed by atoms with E-state index < -0.39 is 18.3 Å². The van der Waals surface area contributed by atoms with Crippen LogP contribution < -0.4 is 0 Å². The molecule has 4 atom stereocenters. The Bertz CT molecular complexity index is 1480. The molecule has 1 aromatic heterocycles. The van der Waals surface area contributed by atoms with Crippen LogP contribution in [0, 0.1) is 0 Å². The van der Waals surface area contributed by atoms with Crippen LogP contribution in [0.2, 0.25) is 0 Å². The Kier molecular flexibility index (Phi) is 9.44. The lowest BCUT2D eigenvalue weighted by Gasteiger charge is -2.34. The van der Waals surface area contributed by atoms with Crippen molar-refractivity contribution >= 4 is 0 Å². The molecule has 0 unspecified atom stereocenters. The standard InChI is InChI=1S/C35H35N3O4/c1-5-13-27(14-6-1)23-39-32-22-38-31(21-36-37-38)33(40-24-28-15-7-2-8-16-28)35(42-26-30-19-11-4-12-20-30)34(32)41-25-29-17-9-3-10-18-29/h1-21,32-35H,22-26H2/t32-,33-,34-,35-/m1/s1. The van der Waals surface area contributed by atoms with E-state index in [9.17, 15) is 0 Å². The van der Waals surface area contributed by atoms with Gasteiger partial charge in [-0.1, -0.05) is 127 Å². The van der Waals surface area contributed by atoms with Crippen molar-refractivity contribution < 1.29 is 18.9 Å². The molecule has 0 spiro atoms. The molecule has 7 heteroatoms. The smallest absolute Gasteiger partial charge is 0.130 e. The number of benzene rings is 4. The van der Waals surface area contributed by atoms with Crippen molar-refractivity contribution in [2.24, 2.45) is 0 Å². The minimum Gasteiger partial charge on any atom is -0.369 e. The lowest BCUT2D eigenvalue weighted by molar-refractivity contribution is -0.188. The van der Waals surface area contributed by atoms with Crippen LogP contribution in [0.15, 0.2) is 128 Å². The molecule has 2 heterocycles. The number of nitrogens with zero attached hydrogens (tertiary/aromatic N) is 3. The maximum Gasteiger partial charge on any atom is 0.130 e. The second-order valence-electron chi connectivity index (χ2n) is 10.4. The van der Waals surface area contributed by atoms with Gasteiger partial charge in [-0.15, -0.1) is 5.10 Å². The zero-order valence-corrected chi connectivity index (χ0v) is 23.4. The highest BCUT2D eigenvalue weighted by atomic mass is 16.6. The van der Waals surface area contributed by atoms with Crippen LogP contribution in [0.4, 0.5) is 0 Å². The fraction of sp³-hybridized carbons (Fsp3) is 0.257. The van der Waals surface area contributed by atoms with Gasteiger partial charge < -0.3 is 18.9 Å².